The summed E-state index contributed by atoms with van der Waals surface area (Å²) in [5.74, 6) is 0.459. The molecule has 3 heteroatoms. The van der Waals surface area contributed by atoms with E-state index >= 15 is 0 Å². The molecule has 2 nitrogen and oxygen atoms in total. The van der Waals surface area contributed by atoms with Crippen LogP contribution in [-0.4, -0.2) is 17.8 Å². The molecule has 0 amide bonds. The van der Waals surface area contributed by atoms with E-state index in [4.69, 9.17) is 0 Å². The summed E-state index contributed by atoms with van der Waals surface area (Å²) in [4.78, 5) is 0. The van der Waals surface area contributed by atoms with Crippen molar-refractivity contribution in [2.45, 2.75) is 44.2 Å². The van der Waals surface area contributed by atoms with Crippen molar-refractivity contribution in [2.24, 2.45) is 5.92 Å². The highest BCUT2D eigenvalue weighted by molar-refractivity contribution is 9.10. The third-order valence-electron chi connectivity index (χ3n) is 4.52. The van der Waals surface area contributed by atoms with Crippen LogP contribution in [-0.2, 0) is 6.42 Å². The number of hydrogen-bond acceptors (Lipinski definition) is 2. The monoisotopic (exact) mass is 309 g/mol. The van der Waals surface area contributed by atoms with E-state index in [1.165, 1.54) is 41.3 Å². The van der Waals surface area contributed by atoms with Crippen molar-refractivity contribution in [3.05, 3.63) is 33.8 Å². The molecule has 0 saturated heterocycles. The van der Waals surface area contributed by atoms with Gasteiger partial charge >= 0.3 is 0 Å². The van der Waals surface area contributed by atoms with Gasteiger partial charge < -0.3 is 10.4 Å². The number of fused-ring (bicyclic) bond motifs is 1. The fourth-order valence-electron chi connectivity index (χ4n) is 3.52. The van der Waals surface area contributed by atoms with Gasteiger partial charge in [0.1, 0.15) is 0 Å². The van der Waals surface area contributed by atoms with Gasteiger partial charge in [0.05, 0.1) is 0 Å². The smallest absolute Gasteiger partial charge is 0.0474 e. The molecule has 0 radical (unpaired) electrons. The van der Waals surface area contributed by atoms with E-state index in [2.05, 4.69) is 39.4 Å². The van der Waals surface area contributed by atoms with Crippen LogP contribution in [0.3, 0.4) is 0 Å². The Labute approximate surface area is 117 Å². The van der Waals surface area contributed by atoms with E-state index in [-0.39, 0.29) is 0 Å². The molecule has 3 atom stereocenters. The molecule has 0 unspecified atom stereocenters. The van der Waals surface area contributed by atoms with Crippen molar-refractivity contribution in [1.29, 1.82) is 0 Å². The maximum absolute atomic E-state index is 9.40. The van der Waals surface area contributed by atoms with Crippen molar-refractivity contribution in [2.75, 3.05) is 6.61 Å². The Morgan fingerprint density at radius 1 is 1.28 bits per heavy atom. The molecule has 2 aliphatic rings. The molecule has 0 bridgehead atoms. The van der Waals surface area contributed by atoms with E-state index < -0.39 is 0 Å². The maximum Gasteiger partial charge on any atom is 0.0474 e. The third-order valence-corrected chi connectivity index (χ3v) is 5.27. The number of nitrogens with one attached hydrogen (secondary N) is 1. The minimum atomic E-state index is 0.329. The highest BCUT2D eigenvalue weighted by Crippen LogP contribution is 2.37. The minimum Gasteiger partial charge on any atom is -0.396 e. The molecule has 1 saturated carbocycles. The van der Waals surface area contributed by atoms with Crippen LogP contribution in [0.1, 0.15) is 42.9 Å². The summed E-state index contributed by atoms with van der Waals surface area (Å²) in [5.41, 5.74) is 2.92. The second-order valence-electron chi connectivity index (χ2n) is 5.55. The molecular weight excluding hydrogens is 290 g/mol. The SMILES string of the molecule is OC[C@@H]1CCC[C@@H]1N[C@H]1CCc2c(Br)cccc21. The van der Waals surface area contributed by atoms with Crippen LogP contribution in [0.4, 0.5) is 0 Å². The summed E-state index contributed by atoms with van der Waals surface area (Å²) in [6.07, 6.45) is 5.98. The lowest BCUT2D eigenvalue weighted by Crippen LogP contribution is -2.36. The van der Waals surface area contributed by atoms with Crippen LogP contribution in [0.15, 0.2) is 22.7 Å². The van der Waals surface area contributed by atoms with Gasteiger partial charge in [-0.15, -0.1) is 0 Å². The normalized spacial score (nSPS) is 30.7. The van der Waals surface area contributed by atoms with E-state index in [0.29, 0.717) is 24.6 Å². The molecule has 2 aliphatic carbocycles. The van der Waals surface area contributed by atoms with E-state index in [1.54, 1.807) is 0 Å². The van der Waals surface area contributed by atoms with Crippen LogP contribution < -0.4 is 5.32 Å². The van der Waals surface area contributed by atoms with Crippen LogP contribution in [0.5, 0.6) is 0 Å². The van der Waals surface area contributed by atoms with E-state index in [9.17, 15) is 5.11 Å². The molecule has 18 heavy (non-hydrogen) atoms. The lowest BCUT2D eigenvalue weighted by atomic mass is 10.0. The van der Waals surface area contributed by atoms with Gasteiger partial charge in [0.2, 0.25) is 0 Å². The van der Waals surface area contributed by atoms with Crippen molar-refractivity contribution in [3.8, 4) is 0 Å². The third kappa shape index (κ3) is 2.24. The summed E-state index contributed by atoms with van der Waals surface area (Å²) in [7, 11) is 0. The summed E-state index contributed by atoms with van der Waals surface area (Å²) in [6, 6.07) is 7.49. The van der Waals surface area contributed by atoms with Gasteiger partial charge in [-0.2, -0.15) is 0 Å². The second kappa shape index (κ2) is 5.32. The van der Waals surface area contributed by atoms with Crippen molar-refractivity contribution >= 4 is 15.9 Å². The molecule has 2 N–H and O–H groups in total. The Bertz CT molecular complexity index is 435. The Balaban J connectivity index is 1.75. The van der Waals surface area contributed by atoms with Crippen molar-refractivity contribution < 1.29 is 5.11 Å². The van der Waals surface area contributed by atoms with Gasteiger partial charge in [0.15, 0.2) is 0 Å². The first-order valence-electron chi connectivity index (χ1n) is 6.94. The first-order chi connectivity index (χ1) is 8.79. The number of halogens is 1. The predicted octanol–water partition coefficient (Wildman–Crippen LogP) is 3.19. The fourth-order valence-corrected chi connectivity index (χ4v) is 4.10. The van der Waals surface area contributed by atoms with Crippen molar-refractivity contribution in [3.63, 3.8) is 0 Å². The Hall–Kier alpha value is -0.380. The Morgan fingerprint density at radius 2 is 2.17 bits per heavy atom. The summed E-state index contributed by atoms with van der Waals surface area (Å²) < 4.78 is 1.24. The quantitative estimate of drug-likeness (QED) is 0.899. The molecule has 0 aromatic heterocycles. The summed E-state index contributed by atoms with van der Waals surface area (Å²) >= 11 is 3.65. The van der Waals surface area contributed by atoms with Gasteiger partial charge in [-0.05, 0) is 48.8 Å². The molecule has 0 aliphatic heterocycles. The van der Waals surface area contributed by atoms with Crippen LogP contribution in [0.25, 0.3) is 0 Å². The van der Waals surface area contributed by atoms with Gasteiger partial charge in [-0.25, -0.2) is 0 Å². The summed E-state index contributed by atoms with van der Waals surface area (Å²) in [5, 5.41) is 13.2. The van der Waals surface area contributed by atoms with Crippen molar-refractivity contribution in [1.82, 2.24) is 5.32 Å². The fraction of sp³-hybridized carbons (Fsp3) is 0.600. The average Bonchev–Trinajstić information content (AvgIpc) is 2.98. The lowest BCUT2D eigenvalue weighted by molar-refractivity contribution is 0.199. The van der Waals surface area contributed by atoms with Gasteiger partial charge in [-0.3, -0.25) is 0 Å². The minimum absolute atomic E-state index is 0.329. The zero-order valence-corrected chi connectivity index (χ0v) is 12.1. The molecular formula is C15H20BrNO. The highest BCUT2D eigenvalue weighted by Gasteiger charge is 2.31. The average molecular weight is 310 g/mol. The molecule has 0 spiro atoms. The zero-order chi connectivity index (χ0) is 12.5. The van der Waals surface area contributed by atoms with E-state index in [0.717, 1.165) is 6.42 Å². The van der Waals surface area contributed by atoms with Gasteiger partial charge in [0.25, 0.3) is 0 Å². The number of benzene rings is 1. The first-order valence-corrected chi connectivity index (χ1v) is 7.73. The standard InChI is InChI=1S/C15H20BrNO/c16-13-5-2-4-12-11(13)7-8-15(12)17-14-6-1-3-10(14)9-18/h2,4-5,10,14-15,17-18H,1,3,6-9H2/t10-,14-,15-/m0/s1. The maximum atomic E-state index is 9.40. The molecule has 1 aromatic rings. The van der Waals surface area contributed by atoms with Crippen LogP contribution in [0.2, 0.25) is 0 Å². The Kier molecular flexibility index (Phi) is 3.73. The molecule has 1 fully saturated rings. The first kappa shape index (κ1) is 12.6. The largest absolute Gasteiger partial charge is 0.396 e. The molecule has 3 rings (SSSR count). The second-order valence-corrected chi connectivity index (χ2v) is 6.40. The van der Waals surface area contributed by atoms with Gasteiger partial charge in [0, 0.05) is 23.2 Å². The molecule has 1 aromatic carbocycles. The molecule has 0 heterocycles. The Morgan fingerprint density at radius 3 is 3.00 bits per heavy atom. The summed E-state index contributed by atoms with van der Waals surface area (Å²) in [6.45, 7) is 0.329. The number of rotatable bonds is 3. The number of aliphatic hydroxyl groups excluding tert-OH is 1. The predicted molar refractivity (Wildman–Crippen MR) is 76.6 cm³/mol. The number of aliphatic hydroxyl groups is 1. The van der Waals surface area contributed by atoms with E-state index in [1.807, 2.05) is 0 Å². The van der Waals surface area contributed by atoms with Crippen LogP contribution in [0, 0.1) is 5.92 Å². The topological polar surface area (TPSA) is 32.3 Å². The molecule has 98 valence electrons. The van der Waals surface area contributed by atoms with Gasteiger partial charge in [-0.1, -0.05) is 34.5 Å². The van der Waals surface area contributed by atoms with Crippen LogP contribution >= 0.6 is 15.9 Å². The lowest BCUT2D eigenvalue weighted by Gasteiger charge is -2.24. The number of hydrogen-bond donors (Lipinski definition) is 2. The zero-order valence-electron chi connectivity index (χ0n) is 10.5. The highest BCUT2D eigenvalue weighted by atomic mass is 79.9.